The lowest BCUT2D eigenvalue weighted by molar-refractivity contribution is -0.384. The quantitative estimate of drug-likeness (QED) is 0.521. The number of nitro benzene ring substituents is 1. The topological polar surface area (TPSA) is 81.3 Å². The number of fused-ring (bicyclic) bond motifs is 1. The number of amides is 1. The number of carbonyl (C=O) groups is 1. The van der Waals surface area contributed by atoms with E-state index in [2.05, 4.69) is 4.98 Å². The van der Waals surface area contributed by atoms with Crippen molar-refractivity contribution in [1.29, 1.82) is 0 Å². The molecule has 2 aromatic carbocycles. The van der Waals surface area contributed by atoms with E-state index in [1.807, 2.05) is 35.9 Å². The van der Waals surface area contributed by atoms with Gasteiger partial charge in [0.05, 0.1) is 26.9 Å². The van der Waals surface area contributed by atoms with Crippen LogP contribution in [0.25, 0.3) is 11.0 Å². The van der Waals surface area contributed by atoms with Crippen molar-refractivity contribution in [2.24, 2.45) is 7.05 Å². The van der Waals surface area contributed by atoms with Gasteiger partial charge < -0.3 is 9.47 Å². The van der Waals surface area contributed by atoms with Crippen LogP contribution in [-0.4, -0.2) is 32.2 Å². The highest BCUT2D eigenvalue weighted by Crippen LogP contribution is 2.34. The van der Waals surface area contributed by atoms with Crippen molar-refractivity contribution in [2.75, 3.05) is 11.4 Å². The number of imidazole rings is 1. The Bertz CT molecular complexity index is 1020. The smallest absolute Gasteiger partial charge is 0.271 e. The van der Waals surface area contributed by atoms with Crippen LogP contribution in [0, 0.1) is 10.1 Å². The van der Waals surface area contributed by atoms with Gasteiger partial charge in [-0.3, -0.25) is 14.9 Å². The second-order valence-electron chi connectivity index (χ2n) is 6.10. The molecular weight excluding hydrogens is 352 g/mol. The van der Waals surface area contributed by atoms with Crippen LogP contribution in [0.3, 0.4) is 0 Å². The average Bonchev–Trinajstić information content (AvgIpc) is 3.16. The highest BCUT2D eigenvalue weighted by molar-refractivity contribution is 8.00. The Hall–Kier alpha value is -2.87. The summed E-state index contributed by atoms with van der Waals surface area (Å²) in [6.07, 6.45) is 0.676. The Kier molecular flexibility index (Phi) is 4.12. The molecule has 1 amide bonds. The zero-order chi connectivity index (χ0) is 18.3. The van der Waals surface area contributed by atoms with Gasteiger partial charge in [0.1, 0.15) is 0 Å². The molecule has 132 valence electrons. The summed E-state index contributed by atoms with van der Waals surface area (Å²) in [4.78, 5) is 29.6. The number of carbonyl (C=O) groups excluding carboxylic acids is 1. The molecule has 4 rings (SSSR count). The third kappa shape index (κ3) is 2.82. The Balaban J connectivity index is 1.56. The number of aryl methyl sites for hydroxylation is 1. The number of hydrogen-bond donors (Lipinski definition) is 0. The number of non-ortho nitro benzene ring substituents is 1. The maximum absolute atomic E-state index is 12.8. The van der Waals surface area contributed by atoms with Crippen molar-refractivity contribution in [3.63, 3.8) is 0 Å². The molecule has 0 N–H and O–H groups in total. The second-order valence-corrected chi connectivity index (χ2v) is 7.27. The Morgan fingerprint density at radius 2 is 2.04 bits per heavy atom. The molecule has 1 unspecified atom stereocenters. The van der Waals surface area contributed by atoms with Crippen molar-refractivity contribution in [1.82, 2.24) is 9.55 Å². The summed E-state index contributed by atoms with van der Waals surface area (Å²) in [5.41, 5.74) is 2.48. The average molecular weight is 368 g/mol. The molecule has 1 aliphatic heterocycles. The lowest BCUT2D eigenvalue weighted by Crippen LogP contribution is -2.28. The number of hydrogen-bond acceptors (Lipinski definition) is 5. The first-order valence-corrected chi connectivity index (χ1v) is 9.06. The number of aromatic nitrogens is 2. The number of thioether (sulfide) groups is 1. The van der Waals surface area contributed by atoms with E-state index in [0.717, 1.165) is 16.2 Å². The first-order valence-electron chi connectivity index (χ1n) is 8.18. The molecule has 3 aromatic rings. The van der Waals surface area contributed by atoms with E-state index in [1.165, 1.54) is 23.9 Å². The maximum atomic E-state index is 12.8. The minimum absolute atomic E-state index is 0.0123. The molecule has 2 heterocycles. The zero-order valence-corrected chi connectivity index (χ0v) is 14.8. The van der Waals surface area contributed by atoms with Crippen LogP contribution in [0.1, 0.15) is 6.42 Å². The minimum atomic E-state index is -0.449. The highest BCUT2D eigenvalue weighted by atomic mass is 32.2. The van der Waals surface area contributed by atoms with Gasteiger partial charge in [-0.15, -0.1) is 0 Å². The van der Waals surface area contributed by atoms with E-state index >= 15 is 0 Å². The summed E-state index contributed by atoms with van der Waals surface area (Å²) in [5, 5.41) is 11.5. The number of benzene rings is 2. The summed E-state index contributed by atoms with van der Waals surface area (Å²) in [6.45, 7) is 0.543. The van der Waals surface area contributed by atoms with Crippen LogP contribution in [0.15, 0.2) is 53.7 Å². The van der Waals surface area contributed by atoms with E-state index < -0.39 is 4.92 Å². The summed E-state index contributed by atoms with van der Waals surface area (Å²) in [5.74, 6) is -0.0393. The predicted octanol–water partition coefficient (Wildman–Crippen LogP) is 3.38. The number of rotatable bonds is 4. The van der Waals surface area contributed by atoms with Gasteiger partial charge in [0, 0.05) is 25.7 Å². The van der Waals surface area contributed by atoms with Crippen molar-refractivity contribution < 1.29 is 9.72 Å². The van der Waals surface area contributed by atoms with Crippen LogP contribution in [0.5, 0.6) is 0 Å². The van der Waals surface area contributed by atoms with Gasteiger partial charge in [-0.2, -0.15) is 0 Å². The molecule has 8 heteroatoms. The first-order chi connectivity index (χ1) is 12.5. The van der Waals surface area contributed by atoms with Crippen LogP contribution < -0.4 is 4.90 Å². The number of nitrogens with zero attached hydrogens (tertiary/aromatic N) is 4. The Morgan fingerprint density at radius 1 is 1.23 bits per heavy atom. The molecule has 1 aliphatic rings. The lowest BCUT2D eigenvalue weighted by Gasteiger charge is -2.16. The summed E-state index contributed by atoms with van der Waals surface area (Å²) < 4.78 is 1.99. The largest absolute Gasteiger partial charge is 0.322 e. The summed E-state index contributed by atoms with van der Waals surface area (Å²) >= 11 is 1.45. The van der Waals surface area contributed by atoms with Crippen molar-refractivity contribution >= 4 is 40.1 Å². The minimum Gasteiger partial charge on any atom is -0.322 e. The van der Waals surface area contributed by atoms with E-state index in [9.17, 15) is 14.9 Å². The van der Waals surface area contributed by atoms with E-state index in [4.69, 9.17) is 0 Å². The molecule has 7 nitrogen and oxygen atoms in total. The third-order valence-electron chi connectivity index (χ3n) is 4.50. The van der Waals surface area contributed by atoms with Gasteiger partial charge >= 0.3 is 0 Å². The van der Waals surface area contributed by atoms with Crippen molar-refractivity contribution in [2.45, 2.75) is 16.8 Å². The number of para-hydroxylation sites is 2. The molecule has 0 radical (unpaired) electrons. The van der Waals surface area contributed by atoms with Gasteiger partial charge in [0.15, 0.2) is 5.16 Å². The molecule has 0 saturated carbocycles. The zero-order valence-electron chi connectivity index (χ0n) is 14.0. The van der Waals surface area contributed by atoms with E-state index in [1.54, 1.807) is 17.0 Å². The molecule has 26 heavy (non-hydrogen) atoms. The van der Waals surface area contributed by atoms with Gasteiger partial charge in [0.2, 0.25) is 5.91 Å². The fraction of sp³-hybridized carbons (Fsp3) is 0.222. The Morgan fingerprint density at radius 3 is 2.81 bits per heavy atom. The SMILES string of the molecule is Cn1c(SC2CCN(c3cccc([N+](=O)[O-])c3)C2=O)nc2ccccc21. The second kappa shape index (κ2) is 6.45. The molecule has 0 bridgehead atoms. The molecule has 1 fully saturated rings. The molecule has 0 spiro atoms. The van der Waals surface area contributed by atoms with Crippen LogP contribution in [0.4, 0.5) is 11.4 Å². The standard InChI is InChI=1S/C18H16N4O3S/c1-20-15-8-3-2-7-14(15)19-18(20)26-16-9-10-21(17(16)23)12-5-4-6-13(11-12)22(24)25/h2-8,11,16H,9-10H2,1H3. The summed E-state index contributed by atoms with van der Waals surface area (Å²) in [7, 11) is 1.94. The molecule has 1 aromatic heterocycles. The van der Waals surface area contributed by atoms with Crippen LogP contribution >= 0.6 is 11.8 Å². The number of anilines is 1. The van der Waals surface area contributed by atoms with Crippen LogP contribution in [0.2, 0.25) is 0 Å². The van der Waals surface area contributed by atoms with Gasteiger partial charge in [0.25, 0.3) is 5.69 Å². The van der Waals surface area contributed by atoms with Crippen molar-refractivity contribution in [3.8, 4) is 0 Å². The first kappa shape index (κ1) is 16.6. The van der Waals surface area contributed by atoms with Crippen LogP contribution in [-0.2, 0) is 11.8 Å². The van der Waals surface area contributed by atoms with Gasteiger partial charge in [-0.05, 0) is 24.6 Å². The van der Waals surface area contributed by atoms with E-state index in [0.29, 0.717) is 18.7 Å². The molecule has 1 atom stereocenters. The molecule has 0 aliphatic carbocycles. The maximum Gasteiger partial charge on any atom is 0.271 e. The number of nitro groups is 1. The Labute approximate surface area is 153 Å². The van der Waals surface area contributed by atoms with Crippen molar-refractivity contribution in [3.05, 3.63) is 58.6 Å². The molecular formula is C18H16N4O3S. The van der Waals surface area contributed by atoms with E-state index in [-0.39, 0.29) is 16.8 Å². The van der Waals surface area contributed by atoms with Gasteiger partial charge in [-0.1, -0.05) is 30.0 Å². The normalized spacial score (nSPS) is 17.2. The third-order valence-corrected chi connectivity index (χ3v) is 5.80. The lowest BCUT2D eigenvalue weighted by atomic mass is 10.2. The monoisotopic (exact) mass is 368 g/mol. The predicted molar refractivity (Wildman–Crippen MR) is 100 cm³/mol. The van der Waals surface area contributed by atoms with Gasteiger partial charge in [-0.25, -0.2) is 4.98 Å². The molecule has 1 saturated heterocycles. The fourth-order valence-electron chi connectivity index (χ4n) is 3.15. The fourth-order valence-corrected chi connectivity index (χ4v) is 4.26. The summed E-state index contributed by atoms with van der Waals surface area (Å²) in [6, 6.07) is 14.1. The highest BCUT2D eigenvalue weighted by Gasteiger charge is 2.34.